The second-order valence-corrected chi connectivity index (χ2v) is 4.33. The predicted octanol–water partition coefficient (Wildman–Crippen LogP) is 2.12. The number of hydrogen-bond acceptors (Lipinski definition) is 2. The molecule has 0 saturated carbocycles. The zero-order valence-electron chi connectivity index (χ0n) is 9.38. The van der Waals surface area contributed by atoms with Gasteiger partial charge in [0.25, 0.3) is 0 Å². The largest absolute Gasteiger partial charge is 0.380 e. The minimum Gasteiger partial charge on any atom is -0.380 e. The molecule has 0 atom stereocenters. The molecular formula is C11H22N2O. The molecule has 0 aromatic carbocycles. The lowest BCUT2D eigenvalue weighted by Crippen LogP contribution is -2.28. The van der Waals surface area contributed by atoms with Crippen molar-refractivity contribution in [2.45, 2.75) is 33.1 Å². The standard InChI is InChI=1S/C11H22N2O/c1-10(2)5-8-14-9-7-13-6-3-4-11(13)12/h10,12H,3-9H2,1-2H3. The summed E-state index contributed by atoms with van der Waals surface area (Å²) in [5.41, 5.74) is 0. The number of hydrogen-bond donors (Lipinski definition) is 1. The van der Waals surface area contributed by atoms with Gasteiger partial charge in [-0.3, -0.25) is 5.41 Å². The van der Waals surface area contributed by atoms with Crippen molar-refractivity contribution >= 4 is 5.84 Å². The maximum absolute atomic E-state index is 7.62. The first-order chi connectivity index (χ1) is 6.70. The van der Waals surface area contributed by atoms with Gasteiger partial charge in [-0.1, -0.05) is 13.8 Å². The third kappa shape index (κ3) is 4.09. The van der Waals surface area contributed by atoms with E-state index < -0.39 is 0 Å². The molecule has 3 nitrogen and oxygen atoms in total. The molecule has 1 rings (SSSR count). The van der Waals surface area contributed by atoms with E-state index in [1.165, 1.54) is 0 Å². The van der Waals surface area contributed by atoms with E-state index >= 15 is 0 Å². The Labute approximate surface area is 86.9 Å². The van der Waals surface area contributed by atoms with E-state index in [2.05, 4.69) is 18.7 Å². The number of rotatable bonds is 6. The van der Waals surface area contributed by atoms with Crippen LogP contribution in [-0.2, 0) is 4.74 Å². The molecule has 0 bridgehead atoms. The van der Waals surface area contributed by atoms with Gasteiger partial charge >= 0.3 is 0 Å². The lowest BCUT2D eigenvalue weighted by molar-refractivity contribution is 0.113. The van der Waals surface area contributed by atoms with Crippen molar-refractivity contribution in [3.63, 3.8) is 0 Å². The topological polar surface area (TPSA) is 36.3 Å². The van der Waals surface area contributed by atoms with Crippen LogP contribution in [0.4, 0.5) is 0 Å². The van der Waals surface area contributed by atoms with E-state index in [9.17, 15) is 0 Å². The van der Waals surface area contributed by atoms with Gasteiger partial charge in [-0.2, -0.15) is 0 Å². The quantitative estimate of drug-likeness (QED) is 0.664. The molecule has 82 valence electrons. The van der Waals surface area contributed by atoms with Crippen LogP contribution in [0, 0.1) is 11.3 Å². The second kappa shape index (κ2) is 6.02. The minimum absolute atomic E-state index is 0.722. The summed E-state index contributed by atoms with van der Waals surface area (Å²) in [7, 11) is 0. The number of ether oxygens (including phenoxy) is 1. The van der Waals surface area contributed by atoms with Crippen molar-refractivity contribution in [3.8, 4) is 0 Å². The summed E-state index contributed by atoms with van der Waals surface area (Å²) in [6.45, 7) is 8.00. The van der Waals surface area contributed by atoms with Crippen molar-refractivity contribution in [1.82, 2.24) is 4.90 Å². The maximum atomic E-state index is 7.62. The average molecular weight is 198 g/mol. The summed E-state index contributed by atoms with van der Waals surface area (Å²) in [5, 5.41) is 7.62. The van der Waals surface area contributed by atoms with Crippen LogP contribution in [0.5, 0.6) is 0 Å². The molecule has 1 aliphatic rings. The molecule has 1 fully saturated rings. The second-order valence-electron chi connectivity index (χ2n) is 4.33. The van der Waals surface area contributed by atoms with Crippen molar-refractivity contribution in [2.75, 3.05) is 26.3 Å². The van der Waals surface area contributed by atoms with Gasteiger partial charge in [0.1, 0.15) is 0 Å². The van der Waals surface area contributed by atoms with Gasteiger partial charge in [-0.15, -0.1) is 0 Å². The fraction of sp³-hybridized carbons (Fsp3) is 0.909. The molecule has 0 aliphatic carbocycles. The predicted molar refractivity (Wildman–Crippen MR) is 58.8 cm³/mol. The van der Waals surface area contributed by atoms with Gasteiger partial charge in [-0.05, 0) is 18.8 Å². The Bertz CT molecular complexity index is 180. The summed E-state index contributed by atoms with van der Waals surface area (Å²) in [4.78, 5) is 2.12. The Hall–Kier alpha value is -0.570. The van der Waals surface area contributed by atoms with Crippen LogP contribution in [0.3, 0.4) is 0 Å². The summed E-state index contributed by atoms with van der Waals surface area (Å²) in [5.74, 6) is 1.51. The average Bonchev–Trinajstić information content (AvgIpc) is 2.51. The molecule has 1 N–H and O–H groups in total. The molecule has 1 heterocycles. The Balaban J connectivity index is 1.96. The highest BCUT2D eigenvalue weighted by Crippen LogP contribution is 2.09. The van der Waals surface area contributed by atoms with E-state index in [0.717, 1.165) is 57.3 Å². The summed E-state index contributed by atoms with van der Waals surface area (Å²) in [6, 6.07) is 0. The van der Waals surface area contributed by atoms with Crippen molar-refractivity contribution < 1.29 is 4.74 Å². The van der Waals surface area contributed by atoms with Crippen molar-refractivity contribution in [1.29, 1.82) is 5.41 Å². The Morgan fingerprint density at radius 3 is 2.79 bits per heavy atom. The summed E-state index contributed by atoms with van der Waals surface area (Å²) >= 11 is 0. The molecular weight excluding hydrogens is 176 g/mol. The smallest absolute Gasteiger partial charge is 0.0959 e. The molecule has 0 amide bonds. The highest BCUT2D eigenvalue weighted by atomic mass is 16.5. The van der Waals surface area contributed by atoms with Crippen LogP contribution >= 0.6 is 0 Å². The van der Waals surface area contributed by atoms with Crippen LogP contribution in [0.15, 0.2) is 0 Å². The number of likely N-dealkylation sites (tertiary alicyclic amines) is 1. The highest BCUT2D eigenvalue weighted by Gasteiger charge is 2.15. The molecule has 0 spiro atoms. The van der Waals surface area contributed by atoms with E-state index in [4.69, 9.17) is 10.1 Å². The zero-order chi connectivity index (χ0) is 10.4. The monoisotopic (exact) mass is 198 g/mol. The first-order valence-electron chi connectivity index (χ1n) is 5.60. The number of nitrogens with one attached hydrogen (secondary N) is 1. The Morgan fingerprint density at radius 2 is 2.21 bits per heavy atom. The van der Waals surface area contributed by atoms with E-state index in [-0.39, 0.29) is 0 Å². The molecule has 0 aromatic heterocycles. The van der Waals surface area contributed by atoms with Crippen LogP contribution in [0.25, 0.3) is 0 Å². The molecule has 1 aliphatic heterocycles. The minimum atomic E-state index is 0.722. The summed E-state index contributed by atoms with van der Waals surface area (Å²) in [6.07, 6.45) is 3.23. The molecule has 14 heavy (non-hydrogen) atoms. The SMILES string of the molecule is CC(C)CCOCCN1CCCC1=N. The fourth-order valence-corrected chi connectivity index (χ4v) is 1.57. The Morgan fingerprint density at radius 1 is 1.43 bits per heavy atom. The molecule has 0 unspecified atom stereocenters. The van der Waals surface area contributed by atoms with Gasteiger partial charge in [0.15, 0.2) is 0 Å². The van der Waals surface area contributed by atoms with Crippen molar-refractivity contribution in [3.05, 3.63) is 0 Å². The van der Waals surface area contributed by atoms with Crippen LogP contribution in [-0.4, -0.2) is 37.0 Å². The Kier molecular flexibility index (Phi) is 4.94. The zero-order valence-corrected chi connectivity index (χ0v) is 9.38. The lowest BCUT2D eigenvalue weighted by Gasteiger charge is -2.17. The van der Waals surface area contributed by atoms with Crippen LogP contribution in [0.2, 0.25) is 0 Å². The first kappa shape index (κ1) is 11.5. The van der Waals surface area contributed by atoms with Gasteiger partial charge in [0, 0.05) is 26.1 Å². The normalized spacial score (nSPS) is 17.1. The van der Waals surface area contributed by atoms with E-state index in [0.29, 0.717) is 0 Å². The van der Waals surface area contributed by atoms with E-state index in [1.54, 1.807) is 0 Å². The molecule has 3 heteroatoms. The lowest BCUT2D eigenvalue weighted by atomic mass is 10.1. The maximum Gasteiger partial charge on any atom is 0.0959 e. The van der Waals surface area contributed by atoms with Crippen LogP contribution < -0.4 is 0 Å². The highest BCUT2D eigenvalue weighted by molar-refractivity contribution is 5.80. The number of amidine groups is 1. The van der Waals surface area contributed by atoms with Crippen molar-refractivity contribution in [2.24, 2.45) is 5.92 Å². The van der Waals surface area contributed by atoms with Gasteiger partial charge < -0.3 is 9.64 Å². The van der Waals surface area contributed by atoms with Gasteiger partial charge in [0.05, 0.1) is 12.4 Å². The summed E-state index contributed by atoms with van der Waals surface area (Å²) < 4.78 is 5.52. The third-order valence-electron chi connectivity index (χ3n) is 2.57. The first-order valence-corrected chi connectivity index (χ1v) is 5.60. The third-order valence-corrected chi connectivity index (χ3v) is 2.57. The molecule has 0 radical (unpaired) electrons. The van der Waals surface area contributed by atoms with E-state index in [1.807, 2.05) is 0 Å². The fourth-order valence-electron chi connectivity index (χ4n) is 1.57. The van der Waals surface area contributed by atoms with Gasteiger partial charge in [-0.25, -0.2) is 0 Å². The molecule has 1 saturated heterocycles. The molecule has 0 aromatic rings. The van der Waals surface area contributed by atoms with Crippen LogP contribution in [0.1, 0.15) is 33.1 Å². The number of nitrogens with zero attached hydrogens (tertiary/aromatic N) is 1. The van der Waals surface area contributed by atoms with Gasteiger partial charge in [0.2, 0.25) is 0 Å².